The maximum atomic E-state index is 13.0. The van der Waals surface area contributed by atoms with Crippen molar-refractivity contribution in [1.29, 1.82) is 0 Å². The topological polar surface area (TPSA) is 80.1 Å². The second-order valence-electron chi connectivity index (χ2n) is 7.18. The van der Waals surface area contributed by atoms with Crippen molar-refractivity contribution in [1.82, 2.24) is 19.7 Å². The van der Waals surface area contributed by atoms with E-state index in [1.165, 1.54) is 0 Å². The number of nitrogens with zero attached hydrogens (tertiary/aromatic N) is 4. The molecule has 156 valence electrons. The summed E-state index contributed by atoms with van der Waals surface area (Å²) in [4.78, 5) is 31.6. The second kappa shape index (κ2) is 9.82. The summed E-state index contributed by atoms with van der Waals surface area (Å²) in [7, 11) is 0. The van der Waals surface area contributed by atoms with Crippen LogP contribution in [-0.4, -0.2) is 44.6 Å². The number of rotatable bonds is 8. The maximum Gasteiger partial charge on any atom is 0.244 e. The van der Waals surface area contributed by atoms with Crippen LogP contribution in [0.4, 0.5) is 5.69 Å². The van der Waals surface area contributed by atoms with Crippen LogP contribution in [-0.2, 0) is 16.1 Å². The number of benzene rings is 2. The zero-order chi connectivity index (χ0) is 21.5. The number of carbonyl (C=O) groups is 2. The molecule has 7 heteroatoms. The van der Waals surface area contributed by atoms with Crippen molar-refractivity contribution in [3.05, 3.63) is 66.0 Å². The molecule has 0 saturated carbocycles. The number of aryl methyl sites for hydroxylation is 2. The molecule has 30 heavy (non-hydrogen) atoms. The number of anilines is 1. The zero-order valence-electron chi connectivity index (χ0n) is 17.6. The molecule has 0 aliphatic heterocycles. The van der Waals surface area contributed by atoms with E-state index in [2.05, 4.69) is 15.4 Å². The molecule has 0 aliphatic rings. The van der Waals surface area contributed by atoms with E-state index in [4.69, 9.17) is 0 Å². The lowest BCUT2D eigenvalue weighted by Crippen LogP contribution is -2.40. The van der Waals surface area contributed by atoms with Crippen LogP contribution in [0, 0.1) is 13.8 Å². The quantitative estimate of drug-likeness (QED) is 0.623. The van der Waals surface area contributed by atoms with Gasteiger partial charge in [-0.05, 0) is 31.9 Å². The normalized spacial score (nSPS) is 10.6. The van der Waals surface area contributed by atoms with Gasteiger partial charge in [-0.15, -0.1) is 0 Å². The molecule has 0 bridgehead atoms. The molecule has 1 heterocycles. The van der Waals surface area contributed by atoms with Crippen LogP contribution in [0.2, 0.25) is 0 Å². The van der Waals surface area contributed by atoms with Gasteiger partial charge in [0.2, 0.25) is 11.8 Å². The Morgan fingerprint density at radius 1 is 1.03 bits per heavy atom. The Hall–Kier alpha value is -3.48. The summed E-state index contributed by atoms with van der Waals surface area (Å²) >= 11 is 0. The maximum absolute atomic E-state index is 13.0. The lowest BCUT2D eigenvalue weighted by molar-refractivity contribution is -0.135. The average Bonchev–Trinajstić information content (AvgIpc) is 3.10. The molecule has 2 aromatic carbocycles. The lowest BCUT2D eigenvalue weighted by Gasteiger charge is -2.22. The fourth-order valence-electron chi connectivity index (χ4n) is 3.23. The molecule has 0 fully saturated rings. The van der Waals surface area contributed by atoms with Crippen molar-refractivity contribution in [2.75, 3.05) is 18.4 Å². The van der Waals surface area contributed by atoms with Crippen molar-refractivity contribution in [2.24, 2.45) is 0 Å². The predicted molar refractivity (Wildman–Crippen MR) is 117 cm³/mol. The van der Waals surface area contributed by atoms with Crippen molar-refractivity contribution in [3.63, 3.8) is 0 Å². The van der Waals surface area contributed by atoms with Crippen LogP contribution in [0.1, 0.15) is 24.7 Å². The molecule has 0 atom stereocenters. The van der Waals surface area contributed by atoms with E-state index in [0.717, 1.165) is 23.2 Å². The van der Waals surface area contributed by atoms with Gasteiger partial charge in [-0.1, -0.05) is 55.5 Å². The molecule has 0 aliphatic carbocycles. The minimum Gasteiger partial charge on any atom is -0.332 e. The first-order valence-corrected chi connectivity index (χ1v) is 10.1. The van der Waals surface area contributed by atoms with Crippen molar-refractivity contribution < 1.29 is 9.59 Å². The Morgan fingerprint density at radius 3 is 2.43 bits per heavy atom. The van der Waals surface area contributed by atoms with E-state index in [1.807, 2.05) is 68.4 Å². The molecule has 1 aromatic heterocycles. The van der Waals surface area contributed by atoms with Gasteiger partial charge >= 0.3 is 0 Å². The third-order valence-electron chi connectivity index (χ3n) is 4.69. The fourth-order valence-corrected chi connectivity index (χ4v) is 3.23. The van der Waals surface area contributed by atoms with Gasteiger partial charge < -0.3 is 10.2 Å². The van der Waals surface area contributed by atoms with Crippen molar-refractivity contribution in [2.45, 2.75) is 33.7 Å². The van der Waals surface area contributed by atoms with E-state index >= 15 is 0 Å². The van der Waals surface area contributed by atoms with Gasteiger partial charge in [-0.3, -0.25) is 9.59 Å². The molecule has 0 saturated heterocycles. The zero-order valence-corrected chi connectivity index (χ0v) is 17.6. The van der Waals surface area contributed by atoms with Gasteiger partial charge in [0.15, 0.2) is 5.82 Å². The molecular formula is C23H27N5O2. The average molecular weight is 406 g/mol. The van der Waals surface area contributed by atoms with E-state index in [9.17, 15) is 9.59 Å². The lowest BCUT2D eigenvalue weighted by atomic mass is 10.2. The summed E-state index contributed by atoms with van der Waals surface area (Å²) in [6, 6.07) is 17.2. The van der Waals surface area contributed by atoms with E-state index in [1.54, 1.807) is 16.5 Å². The molecule has 3 aromatic rings. The minimum atomic E-state index is -0.218. The molecule has 0 spiro atoms. The minimum absolute atomic E-state index is 0.00461. The van der Waals surface area contributed by atoms with E-state index in [-0.39, 0.29) is 24.9 Å². The molecule has 3 rings (SSSR count). The van der Waals surface area contributed by atoms with Crippen molar-refractivity contribution >= 4 is 17.5 Å². The van der Waals surface area contributed by atoms with Gasteiger partial charge in [-0.2, -0.15) is 5.10 Å². The smallest absolute Gasteiger partial charge is 0.244 e. The van der Waals surface area contributed by atoms with Crippen LogP contribution in [0.3, 0.4) is 0 Å². The van der Waals surface area contributed by atoms with Crippen LogP contribution >= 0.6 is 0 Å². The highest BCUT2D eigenvalue weighted by molar-refractivity contribution is 5.95. The number of amides is 2. The second-order valence-corrected chi connectivity index (χ2v) is 7.18. The number of nitrogens with one attached hydrogen (secondary N) is 1. The molecule has 1 N–H and O–H groups in total. The third-order valence-corrected chi connectivity index (χ3v) is 4.69. The molecular weight excluding hydrogens is 378 g/mol. The van der Waals surface area contributed by atoms with Gasteiger partial charge in [0.25, 0.3) is 0 Å². The van der Waals surface area contributed by atoms with Gasteiger partial charge in [-0.25, -0.2) is 9.67 Å². The summed E-state index contributed by atoms with van der Waals surface area (Å²) in [6.45, 7) is 6.23. The highest BCUT2D eigenvalue weighted by Crippen LogP contribution is 2.17. The standard InChI is InChI=1S/C23H27N5O2/c1-4-14-27(15-21(29)25-20-13-9-8-10-17(20)2)22(30)16-28-23(24-18(3)26-28)19-11-6-5-7-12-19/h5-13H,4,14-16H2,1-3H3,(H,25,29). The number of carbonyl (C=O) groups excluding carboxylic acids is 2. The fraction of sp³-hybridized carbons (Fsp3) is 0.304. The first kappa shape index (κ1) is 21.2. The highest BCUT2D eigenvalue weighted by atomic mass is 16.2. The predicted octanol–water partition coefficient (Wildman–Crippen LogP) is 3.44. The summed E-state index contributed by atoms with van der Waals surface area (Å²) in [5.74, 6) is 0.853. The van der Waals surface area contributed by atoms with Gasteiger partial charge in [0.05, 0.1) is 6.54 Å². The summed E-state index contributed by atoms with van der Waals surface area (Å²) in [6.07, 6.45) is 0.755. The van der Waals surface area contributed by atoms with E-state index in [0.29, 0.717) is 18.2 Å². The largest absolute Gasteiger partial charge is 0.332 e. The number of aromatic nitrogens is 3. The Labute approximate surface area is 176 Å². The first-order valence-electron chi connectivity index (χ1n) is 10.1. The Balaban J connectivity index is 1.72. The van der Waals surface area contributed by atoms with E-state index < -0.39 is 0 Å². The van der Waals surface area contributed by atoms with Crippen LogP contribution in [0.25, 0.3) is 11.4 Å². The van der Waals surface area contributed by atoms with Crippen LogP contribution in [0.5, 0.6) is 0 Å². The molecule has 0 unspecified atom stereocenters. The molecule has 0 radical (unpaired) electrons. The summed E-state index contributed by atoms with van der Waals surface area (Å²) in [5.41, 5.74) is 2.62. The number of hydrogen-bond donors (Lipinski definition) is 1. The number of hydrogen-bond acceptors (Lipinski definition) is 4. The first-order chi connectivity index (χ1) is 14.5. The highest BCUT2D eigenvalue weighted by Gasteiger charge is 2.20. The Bertz CT molecular complexity index is 1010. The third kappa shape index (κ3) is 5.31. The Morgan fingerprint density at radius 2 is 1.73 bits per heavy atom. The SMILES string of the molecule is CCCN(CC(=O)Nc1ccccc1C)C(=O)Cn1nc(C)nc1-c1ccccc1. The van der Waals surface area contributed by atoms with Crippen molar-refractivity contribution in [3.8, 4) is 11.4 Å². The molecule has 2 amide bonds. The van der Waals surface area contributed by atoms with Crippen LogP contribution in [0.15, 0.2) is 54.6 Å². The Kier molecular flexibility index (Phi) is 6.95. The van der Waals surface area contributed by atoms with Crippen LogP contribution < -0.4 is 5.32 Å². The monoisotopic (exact) mass is 405 g/mol. The number of para-hydroxylation sites is 1. The summed E-state index contributed by atoms with van der Waals surface area (Å²) in [5, 5.41) is 7.28. The van der Waals surface area contributed by atoms with Gasteiger partial charge in [0, 0.05) is 17.8 Å². The molecule has 7 nitrogen and oxygen atoms in total. The van der Waals surface area contributed by atoms with Gasteiger partial charge in [0.1, 0.15) is 12.4 Å². The summed E-state index contributed by atoms with van der Waals surface area (Å²) < 4.78 is 1.61.